The molecule has 5 heteroatoms. The second kappa shape index (κ2) is 4.24. The summed E-state index contributed by atoms with van der Waals surface area (Å²) in [6, 6.07) is 3.01. The predicted molar refractivity (Wildman–Crippen MR) is 53.7 cm³/mol. The molecule has 80 valence electrons. The van der Waals surface area contributed by atoms with E-state index in [0.29, 0.717) is 5.69 Å². The second-order valence-corrected chi connectivity index (χ2v) is 3.83. The maximum Gasteiger partial charge on any atom is 0.163 e. The molecule has 0 aliphatic heterocycles. The minimum absolute atomic E-state index is 0.112. The van der Waals surface area contributed by atoms with Gasteiger partial charge in [0.1, 0.15) is 11.9 Å². The largest absolute Gasteiger partial charge is 0.389 e. The van der Waals surface area contributed by atoms with Crippen LogP contribution in [-0.2, 0) is 0 Å². The Hall–Kier alpha value is -1.67. The molecule has 0 aromatic carbocycles. The van der Waals surface area contributed by atoms with Gasteiger partial charge in [-0.2, -0.15) is 5.26 Å². The van der Waals surface area contributed by atoms with Gasteiger partial charge < -0.3 is 10.4 Å². The first-order valence-electron chi connectivity index (χ1n) is 4.44. The molecule has 1 aromatic rings. The fraction of sp³-hybridized carbons (Fsp3) is 0.400. The lowest BCUT2D eigenvalue weighted by atomic mass is 10.1. The van der Waals surface area contributed by atoms with Crippen LogP contribution in [0.15, 0.2) is 12.3 Å². The molecule has 0 saturated heterocycles. The van der Waals surface area contributed by atoms with Gasteiger partial charge in [-0.3, -0.25) is 0 Å². The van der Waals surface area contributed by atoms with Crippen molar-refractivity contribution in [3.63, 3.8) is 0 Å². The van der Waals surface area contributed by atoms with Crippen molar-refractivity contribution < 1.29 is 9.50 Å². The van der Waals surface area contributed by atoms with Crippen molar-refractivity contribution in [2.75, 3.05) is 11.9 Å². The van der Waals surface area contributed by atoms with Crippen LogP contribution in [0.4, 0.5) is 10.1 Å². The van der Waals surface area contributed by atoms with Crippen molar-refractivity contribution >= 4 is 5.69 Å². The van der Waals surface area contributed by atoms with Crippen molar-refractivity contribution in [2.45, 2.75) is 19.4 Å². The number of aliphatic hydroxyl groups is 1. The molecule has 0 bridgehead atoms. The van der Waals surface area contributed by atoms with Crippen molar-refractivity contribution in [3.05, 3.63) is 23.8 Å². The van der Waals surface area contributed by atoms with Crippen molar-refractivity contribution in [2.24, 2.45) is 0 Å². The highest BCUT2D eigenvalue weighted by Crippen LogP contribution is 2.14. The molecule has 1 aromatic heterocycles. The highest BCUT2D eigenvalue weighted by molar-refractivity contribution is 5.53. The number of anilines is 1. The molecular weight excluding hydrogens is 197 g/mol. The zero-order valence-electron chi connectivity index (χ0n) is 8.58. The van der Waals surface area contributed by atoms with Crippen LogP contribution in [0, 0.1) is 17.1 Å². The lowest BCUT2D eigenvalue weighted by Crippen LogP contribution is -2.29. The van der Waals surface area contributed by atoms with Crippen LogP contribution in [0.3, 0.4) is 0 Å². The zero-order chi connectivity index (χ0) is 11.5. The van der Waals surface area contributed by atoms with Gasteiger partial charge in [0.15, 0.2) is 5.69 Å². The van der Waals surface area contributed by atoms with Gasteiger partial charge in [-0.1, -0.05) is 0 Å². The Balaban J connectivity index is 2.85. The summed E-state index contributed by atoms with van der Waals surface area (Å²) in [7, 11) is 0. The number of nitrogens with zero attached hydrogens (tertiary/aromatic N) is 2. The summed E-state index contributed by atoms with van der Waals surface area (Å²) in [5, 5.41) is 20.9. The van der Waals surface area contributed by atoms with Crippen LogP contribution < -0.4 is 5.32 Å². The number of halogens is 1. The van der Waals surface area contributed by atoms with E-state index in [9.17, 15) is 9.50 Å². The number of pyridine rings is 1. The summed E-state index contributed by atoms with van der Waals surface area (Å²) in [6.07, 6.45) is 0.980. The summed E-state index contributed by atoms with van der Waals surface area (Å²) in [4.78, 5) is 3.62. The third-order valence-electron chi connectivity index (χ3n) is 1.67. The van der Waals surface area contributed by atoms with Gasteiger partial charge in [0.05, 0.1) is 17.5 Å². The molecule has 0 aliphatic carbocycles. The summed E-state index contributed by atoms with van der Waals surface area (Å²) in [5.74, 6) is -0.521. The number of hydrogen-bond acceptors (Lipinski definition) is 4. The standard InChI is InChI=1S/C10H12FN3O/c1-10(2,15)6-14-8-3-7(11)5-13-9(8)4-12/h3,5,14-15H,6H2,1-2H3. The normalized spacial score (nSPS) is 10.9. The van der Waals surface area contributed by atoms with E-state index in [4.69, 9.17) is 5.26 Å². The van der Waals surface area contributed by atoms with E-state index >= 15 is 0 Å². The fourth-order valence-corrected chi connectivity index (χ4v) is 0.975. The van der Waals surface area contributed by atoms with Crippen LogP contribution in [-0.4, -0.2) is 22.2 Å². The predicted octanol–water partition coefficient (Wildman–Crippen LogP) is 1.28. The minimum Gasteiger partial charge on any atom is -0.389 e. The van der Waals surface area contributed by atoms with E-state index in [2.05, 4.69) is 10.3 Å². The average molecular weight is 209 g/mol. The van der Waals surface area contributed by atoms with Gasteiger partial charge >= 0.3 is 0 Å². The fourth-order valence-electron chi connectivity index (χ4n) is 0.975. The topological polar surface area (TPSA) is 68.9 Å². The highest BCUT2D eigenvalue weighted by Gasteiger charge is 2.13. The highest BCUT2D eigenvalue weighted by atomic mass is 19.1. The molecule has 0 saturated carbocycles. The van der Waals surface area contributed by atoms with Crippen LogP contribution >= 0.6 is 0 Å². The average Bonchev–Trinajstić information content (AvgIpc) is 2.14. The number of rotatable bonds is 3. The van der Waals surface area contributed by atoms with Gasteiger partial charge in [-0.25, -0.2) is 9.37 Å². The summed E-state index contributed by atoms with van der Waals surface area (Å²) in [5.41, 5.74) is -0.528. The van der Waals surface area contributed by atoms with Crippen LogP contribution in [0.5, 0.6) is 0 Å². The van der Waals surface area contributed by atoms with E-state index in [-0.39, 0.29) is 12.2 Å². The van der Waals surface area contributed by atoms with Gasteiger partial charge in [-0.15, -0.1) is 0 Å². The maximum atomic E-state index is 12.8. The Labute approximate surface area is 87.4 Å². The molecule has 0 amide bonds. The third kappa shape index (κ3) is 3.52. The van der Waals surface area contributed by atoms with E-state index in [1.54, 1.807) is 13.8 Å². The smallest absolute Gasteiger partial charge is 0.163 e. The van der Waals surface area contributed by atoms with E-state index in [1.807, 2.05) is 6.07 Å². The second-order valence-electron chi connectivity index (χ2n) is 3.83. The van der Waals surface area contributed by atoms with Gasteiger partial charge in [0.25, 0.3) is 0 Å². The van der Waals surface area contributed by atoms with Crippen LogP contribution in [0.1, 0.15) is 19.5 Å². The molecule has 4 nitrogen and oxygen atoms in total. The molecule has 0 fully saturated rings. The van der Waals surface area contributed by atoms with Crippen molar-refractivity contribution in [3.8, 4) is 6.07 Å². The molecule has 0 spiro atoms. The van der Waals surface area contributed by atoms with Gasteiger partial charge in [0, 0.05) is 12.6 Å². The summed E-state index contributed by atoms with van der Waals surface area (Å²) in [6.45, 7) is 3.43. The minimum atomic E-state index is -0.932. The number of aromatic nitrogens is 1. The Morgan fingerprint density at radius 3 is 2.87 bits per heavy atom. The zero-order valence-corrected chi connectivity index (χ0v) is 8.58. The maximum absolute atomic E-state index is 12.8. The molecule has 1 rings (SSSR count). The number of nitrogens with one attached hydrogen (secondary N) is 1. The molecule has 2 N–H and O–H groups in total. The van der Waals surface area contributed by atoms with Crippen LogP contribution in [0.25, 0.3) is 0 Å². The first kappa shape index (κ1) is 11.4. The molecule has 1 heterocycles. The molecule has 0 aliphatic rings. The quantitative estimate of drug-likeness (QED) is 0.786. The van der Waals surface area contributed by atoms with Gasteiger partial charge in [-0.05, 0) is 13.8 Å². The first-order valence-corrected chi connectivity index (χ1v) is 4.44. The molecule has 0 radical (unpaired) electrons. The van der Waals surface area contributed by atoms with E-state index in [0.717, 1.165) is 6.20 Å². The summed E-state index contributed by atoms with van der Waals surface area (Å²) >= 11 is 0. The Morgan fingerprint density at radius 1 is 1.67 bits per heavy atom. The Morgan fingerprint density at radius 2 is 2.33 bits per heavy atom. The molecule has 0 unspecified atom stereocenters. The first-order chi connectivity index (χ1) is 6.92. The number of hydrogen-bond donors (Lipinski definition) is 2. The Kier molecular flexibility index (Phi) is 3.22. The molecule has 15 heavy (non-hydrogen) atoms. The molecular formula is C10H12FN3O. The van der Waals surface area contributed by atoms with Gasteiger partial charge in [0.2, 0.25) is 0 Å². The monoisotopic (exact) mass is 209 g/mol. The number of nitriles is 1. The van der Waals surface area contributed by atoms with Crippen LogP contribution in [0.2, 0.25) is 0 Å². The lowest BCUT2D eigenvalue weighted by molar-refractivity contribution is 0.0945. The van der Waals surface area contributed by atoms with Crippen molar-refractivity contribution in [1.82, 2.24) is 4.98 Å². The third-order valence-corrected chi connectivity index (χ3v) is 1.67. The Bertz CT molecular complexity index is 393. The van der Waals surface area contributed by atoms with E-state index < -0.39 is 11.4 Å². The van der Waals surface area contributed by atoms with E-state index in [1.165, 1.54) is 6.07 Å². The SMILES string of the molecule is CC(C)(O)CNc1cc(F)cnc1C#N. The lowest BCUT2D eigenvalue weighted by Gasteiger charge is -2.18. The van der Waals surface area contributed by atoms with Crippen molar-refractivity contribution in [1.29, 1.82) is 5.26 Å². The summed E-state index contributed by atoms with van der Waals surface area (Å²) < 4.78 is 12.8. The molecule has 0 atom stereocenters.